The van der Waals surface area contributed by atoms with E-state index in [2.05, 4.69) is 16.7 Å². The van der Waals surface area contributed by atoms with Gasteiger partial charge in [-0.3, -0.25) is 4.79 Å². The number of benzene rings is 2. The van der Waals surface area contributed by atoms with Crippen molar-refractivity contribution in [2.24, 2.45) is 5.41 Å². The van der Waals surface area contributed by atoms with Crippen LogP contribution in [0.1, 0.15) is 57.1 Å². The van der Waals surface area contributed by atoms with Gasteiger partial charge in [-0.2, -0.15) is 5.26 Å². The molecule has 2 aromatic carbocycles. The lowest BCUT2D eigenvalue weighted by Gasteiger charge is -2.37. The summed E-state index contributed by atoms with van der Waals surface area (Å²) in [6.07, 6.45) is 2.29. The van der Waals surface area contributed by atoms with E-state index in [9.17, 15) is 18.5 Å². The molecule has 7 nitrogen and oxygen atoms in total. The zero-order valence-electron chi connectivity index (χ0n) is 23.3. The van der Waals surface area contributed by atoms with Crippen molar-refractivity contribution in [2.45, 2.75) is 69.5 Å². The van der Waals surface area contributed by atoms with E-state index in [-0.39, 0.29) is 45.7 Å². The van der Waals surface area contributed by atoms with E-state index < -0.39 is 51.0 Å². The first-order chi connectivity index (χ1) is 19.1. The largest absolute Gasteiger partial charge is 0.352 e. The van der Waals surface area contributed by atoms with E-state index in [1.807, 2.05) is 20.8 Å². The summed E-state index contributed by atoms with van der Waals surface area (Å²) in [4.78, 5) is 14.0. The van der Waals surface area contributed by atoms with E-state index in [4.69, 9.17) is 23.2 Å². The number of carbonyl (C=O) groups excluding carboxylic acids is 1. The quantitative estimate of drug-likeness (QED) is 0.463. The Bertz CT molecular complexity index is 1470. The van der Waals surface area contributed by atoms with Gasteiger partial charge in [0.1, 0.15) is 17.0 Å². The Morgan fingerprint density at radius 1 is 1.20 bits per heavy atom. The second kappa shape index (κ2) is 11.8. The smallest absolute Gasteiger partial charge is 0.238 e. The Labute approximate surface area is 250 Å². The Balaban J connectivity index is 1.83. The molecule has 0 aliphatic carbocycles. The van der Waals surface area contributed by atoms with Crippen LogP contribution in [0.4, 0.5) is 8.78 Å². The van der Waals surface area contributed by atoms with Crippen LogP contribution in [0, 0.1) is 28.4 Å². The summed E-state index contributed by atoms with van der Waals surface area (Å²) in [5, 5.41) is 17.1. The van der Waals surface area contributed by atoms with E-state index in [1.165, 1.54) is 34.6 Å². The van der Waals surface area contributed by atoms with Gasteiger partial charge < -0.3 is 10.6 Å². The third-order valence-electron chi connectivity index (χ3n) is 8.00. The zero-order chi connectivity index (χ0) is 30.3. The average Bonchev–Trinajstić information content (AvgIpc) is 3.18. The predicted octanol–water partition coefficient (Wildman–Crippen LogP) is 5.13. The van der Waals surface area contributed by atoms with Crippen LogP contribution < -0.4 is 10.6 Å². The van der Waals surface area contributed by atoms with E-state index in [0.29, 0.717) is 19.3 Å². The van der Waals surface area contributed by atoms with Crippen LogP contribution in [0.25, 0.3) is 0 Å². The highest BCUT2D eigenvalue weighted by atomic mass is 35.5. The molecule has 0 spiro atoms. The summed E-state index contributed by atoms with van der Waals surface area (Å²) in [5.74, 6) is -3.17. The molecule has 41 heavy (non-hydrogen) atoms. The first kappa shape index (κ1) is 31.6. The van der Waals surface area contributed by atoms with Crippen LogP contribution in [-0.4, -0.2) is 56.1 Å². The lowest BCUT2D eigenvalue weighted by atomic mass is 9.62. The van der Waals surface area contributed by atoms with Crippen molar-refractivity contribution in [2.75, 3.05) is 19.3 Å². The standard InChI is InChI=1S/C29H34Cl2F2N4O3S/c1-28(2,3)15-23-29(16-34,20-9-8-17(30)14-22(20)32)24(19-6-5-7-21(31)25(19)33)26(36-23)27(38)35-18-10-12-37(13-11-18)41(4,39)40/h5-9,14,18,23-24,26,36H,10-13,15H2,1-4H3,(H,35,38). The molecule has 2 fully saturated rings. The maximum Gasteiger partial charge on any atom is 0.238 e. The average molecular weight is 628 g/mol. The molecule has 4 rings (SSSR count). The van der Waals surface area contributed by atoms with Crippen molar-refractivity contribution in [3.63, 3.8) is 0 Å². The molecule has 2 aliphatic rings. The van der Waals surface area contributed by atoms with Crippen molar-refractivity contribution in [1.29, 1.82) is 5.26 Å². The van der Waals surface area contributed by atoms with Gasteiger partial charge in [0, 0.05) is 41.7 Å². The summed E-state index contributed by atoms with van der Waals surface area (Å²) < 4.78 is 56.7. The van der Waals surface area contributed by atoms with Crippen LogP contribution in [0.2, 0.25) is 10.0 Å². The van der Waals surface area contributed by atoms with Crippen LogP contribution in [0.3, 0.4) is 0 Å². The molecular weight excluding hydrogens is 593 g/mol. The minimum Gasteiger partial charge on any atom is -0.352 e. The molecule has 12 heteroatoms. The second-order valence-electron chi connectivity index (χ2n) is 12.1. The fraction of sp³-hybridized carbons (Fsp3) is 0.517. The van der Waals surface area contributed by atoms with Crippen LogP contribution in [-0.2, 0) is 20.2 Å². The summed E-state index contributed by atoms with van der Waals surface area (Å²) in [7, 11) is -3.36. The molecule has 2 aromatic rings. The zero-order valence-corrected chi connectivity index (χ0v) is 25.7. The second-order valence-corrected chi connectivity index (χ2v) is 15.0. The third-order valence-corrected chi connectivity index (χ3v) is 9.83. The van der Waals surface area contributed by atoms with Gasteiger partial charge in [-0.25, -0.2) is 21.5 Å². The number of hydrogen-bond acceptors (Lipinski definition) is 5. The van der Waals surface area contributed by atoms with Gasteiger partial charge in [-0.05, 0) is 48.4 Å². The van der Waals surface area contributed by atoms with Gasteiger partial charge in [0.2, 0.25) is 15.9 Å². The third kappa shape index (κ3) is 6.40. The van der Waals surface area contributed by atoms with Gasteiger partial charge in [-0.1, -0.05) is 62.2 Å². The molecule has 2 heterocycles. The summed E-state index contributed by atoms with van der Waals surface area (Å²) in [5.41, 5.74) is -2.05. The molecule has 4 unspecified atom stereocenters. The highest BCUT2D eigenvalue weighted by molar-refractivity contribution is 7.88. The van der Waals surface area contributed by atoms with Gasteiger partial charge in [-0.15, -0.1) is 0 Å². The van der Waals surface area contributed by atoms with E-state index in [1.54, 1.807) is 0 Å². The van der Waals surface area contributed by atoms with Gasteiger partial charge in [0.15, 0.2) is 0 Å². The minimum atomic E-state index is -3.36. The number of sulfonamides is 1. The Morgan fingerprint density at radius 2 is 1.85 bits per heavy atom. The van der Waals surface area contributed by atoms with E-state index in [0.717, 1.165) is 12.3 Å². The summed E-state index contributed by atoms with van der Waals surface area (Å²) >= 11 is 12.2. The SMILES string of the molecule is CC(C)(C)CC1NC(C(=O)NC2CCN(S(C)(=O)=O)CC2)C(c2cccc(Cl)c2F)C1(C#N)c1ccc(Cl)cc1F. The highest BCUT2D eigenvalue weighted by Gasteiger charge is 2.61. The fourth-order valence-corrected chi connectivity index (χ4v) is 7.39. The molecule has 222 valence electrons. The first-order valence-electron chi connectivity index (χ1n) is 13.4. The number of nitrogens with zero attached hydrogens (tertiary/aromatic N) is 2. The lowest BCUT2D eigenvalue weighted by molar-refractivity contribution is -0.124. The maximum atomic E-state index is 15.8. The van der Waals surface area contributed by atoms with Gasteiger partial charge >= 0.3 is 0 Å². The number of amides is 1. The summed E-state index contributed by atoms with van der Waals surface area (Å²) in [6, 6.07) is 8.49. The molecule has 2 saturated heterocycles. The molecular formula is C29H34Cl2F2N4O3S. The van der Waals surface area contributed by atoms with Gasteiger partial charge in [0.25, 0.3) is 0 Å². The highest BCUT2D eigenvalue weighted by Crippen LogP contribution is 2.52. The maximum absolute atomic E-state index is 15.8. The molecule has 4 atom stereocenters. The molecule has 0 bridgehead atoms. The summed E-state index contributed by atoms with van der Waals surface area (Å²) in [6.45, 7) is 6.39. The van der Waals surface area contributed by atoms with E-state index >= 15 is 8.78 Å². The normalized spacial score (nSPS) is 26.1. The van der Waals surface area contributed by atoms with Crippen LogP contribution >= 0.6 is 23.2 Å². The number of rotatable bonds is 6. The first-order valence-corrected chi connectivity index (χ1v) is 16.0. The van der Waals surface area contributed by atoms with Crippen molar-refractivity contribution >= 4 is 39.1 Å². The topological polar surface area (TPSA) is 102 Å². The van der Waals surface area contributed by atoms with Crippen LogP contribution in [0.15, 0.2) is 36.4 Å². The fourth-order valence-electron chi connectivity index (χ4n) is 6.18. The number of halogens is 4. The van der Waals surface area contributed by atoms with Crippen molar-refractivity contribution < 1.29 is 22.0 Å². The Kier molecular flexibility index (Phi) is 9.08. The van der Waals surface area contributed by atoms with Crippen molar-refractivity contribution in [3.8, 4) is 6.07 Å². The van der Waals surface area contributed by atoms with Gasteiger partial charge in [0.05, 0.1) is 23.4 Å². The predicted molar refractivity (Wildman–Crippen MR) is 155 cm³/mol. The van der Waals surface area contributed by atoms with Crippen molar-refractivity contribution in [1.82, 2.24) is 14.9 Å². The molecule has 2 aliphatic heterocycles. The Hall–Kier alpha value is -2.29. The van der Waals surface area contributed by atoms with Crippen molar-refractivity contribution in [3.05, 3.63) is 69.2 Å². The molecule has 2 N–H and O–H groups in total. The Morgan fingerprint density at radius 3 is 2.41 bits per heavy atom. The molecule has 0 aromatic heterocycles. The molecule has 0 radical (unpaired) electrons. The molecule has 0 saturated carbocycles. The monoisotopic (exact) mass is 626 g/mol. The minimum absolute atomic E-state index is 0.00675. The number of hydrogen-bond donors (Lipinski definition) is 2. The molecule has 1 amide bonds. The number of nitriles is 1. The number of carbonyl (C=O) groups is 1. The number of piperidine rings is 1. The lowest BCUT2D eigenvalue weighted by Crippen LogP contribution is -2.52. The number of nitrogens with one attached hydrogen (secondary N) is 2. The van der Waals surface area contributed by atoms with Crippen LogP contribution in [0.5, 0.6) is 0 Å².